The number of carboxylic acid groups (broad SMARTS) is 1. The molecule has 1 aromatic heterocycles. The number of hydrogen-bond donors (Lipinski definition) is 1. The number of carboxylic acids is 1. The molecule has 0 bridgehead atoms. The molecule has 1 aromatic carbocycles. The molecule has 3 nitrogen and oxygen atoms in total. The number of fused-ring (bicyclic) bond motifs is 1. The van der Waals surface area contributed by atoms with Crippen molar-refractivity contribution in [2.24, 2.45) is 0 Å². The average Bonchev–Trinajstić information content (AvgIpc) is 2.25. The lowest BCUT2D eigenvalue weighted by atomic mass is 9.86. The van der Waals surface area contributed by atoms with Crippen LogP contribution in [0.1, 0.15) is 36.7 Å². The van der Waals surface area contributed by atoms with Gasteiger partial charge in [0.2, 0.25) is 0 Å². The number of halogens is 1. The number of aromatic nitrogens is 1. The van der Waals surface area contributed by atoms with Crippen molar-refractivity contribution in [2.45, 2.75) is 26.2 Å². The first kappa shape index (κ1) is 12.8. The van der Waals surface area contributed by atoms with E-state index in [0.29, 0.717) is 10.9 Å². The molecule has 0 radical (unpaired) electrons. The third-order valence-corrected chi connectivity index (χ3v) is 3.07. The van der Waals surface area contributed by atoms with Crippen molar-refractivity contribution in [3.63, 3.8) is 0 Å². The Morgan fingerprint density at radius 3 is 2.50 bits per heavy atom. The normalized spacial score (nSPS) is 11.8. The summed E-state index contributed by atoms with van der Waals surface area (Å²) in [4.78, 5) is 15.4. The molecule has 0 spiro atoms. The maximum absolute atomic E-state index is 11.2. The predicted molar refractivity (Wildman–Crippen MR) is 72.4 cm³/mol. The fourth-order valence-corrected chi connectivity index (χ4v) is 2.04. The summed E-state index contributed by atoms with van der Waals surface area (Å²) in [6.07, 6.45) is 0. The summed E-state index contributed by atoms with van der Waals surface area (Å²) in [5, 5.41) is 10.0. The molecule has 0 saturated carbocycles. The van der Waals surface area contributed by atoms with Crippen molar-refractivity contribution in [1.29, 1.82) is 0 Å². The van der Waals surface area contributed by atoms with Gasteiger partial charge in [0.25, 0.3) is 0 Å². The third kappa shape index (κ3) is 2.31. The standard InChI is InChI=1S/C14H14ClNO2/c1-14(2,3)8-4-5-11-9(6-8)10(13(17)18)7-12(15)16-11/h4-7H,1-3H3,(H,17,18). The van der Waals surface area contributed by atoms with Gasteiger partial charge in [-0.15, -0.1) is 0 Å². The number of carbonyl (C=O) groups is 1. The number of aromatic carboxylic acids is 1. The van der Waals surface area contributed by atoms with Gasteiger partial charge in [0.05, 0.1) is 11.1 Å². The second-order valence-electron chi connectivity index (χ2n) is 5.28. The Bertz CT molecular complexity index is 629. The smallest absolute Gasteiger partial charge is 0.336 e. The van der Waals surface area contributed by atoms with Crippen LogP contribution in [-0.2, 0) is 5.41 Å². The zero-order chi connectivity index (χ0) is 13.5. The highest BCUT2D eigenvalue weighted by molar-refractivity contribution is 6.30. The third-order valence-electron chi connectivity index (χ3n) is 2.87. The van der Waals surface area contributed by atoms with E-state index in [0.717, 1.165) is 5.56 Å². The van der Waals surface area contributed by atoms with E-state index in [2.05, 4.69) is 25.8 Å². The summed E-state index contributed by atoms with van der Waals surface area (Å²) >= 11 is 5.82. The first-order valence-electron chi connectivity index (χ1n) is 5.63. The molecular weight excluding hydrogens is 250 g/mol. The van der Waals surface area contributed by atoms with Gasteiger partial charge in [-0.1, -0.05) is 38.4 Å². The highest BCUT2D eigenvalue weighted by Gasteiger charge is 2.17. The maximum atomic E-state index is 11.2. The lowest BCUT2D eigenvalue weighted by Gasteiger charge is -2.19. The molecule has 2 rings (SSSR count). The van der Waals surface area contributed by atoms with E-state index in [1.807, 2.05) is 18.2 Å². The molecule has 1 N–H and O–H groups in total. The number of pyridine rings is 1. The van der Waals surface area contributed by atoms with E-state index in [-0.39, 0.29) is 16.1 Å². The van der Waals surface area contributed by atoms with E-state index in [1.165, 1.54) is 6.07 Å². The van der Waals surface area contributed by atoms with Crippen LogP contribution in [-0.4, -0.2) is 16.1 Å². The summed E-state index contributed by atoms with van der Waals surface area (Å²) < 4.78 is 0. The van der Waals surface area contributed by atoms with Gasteiger partial charge in [-0.2, -0.15) is 0 Å². The Hall–Kier alpha value is -1.61. The number of rotatable bonds is 1. The van der Waals surface area contributed by atoms with Crippen molar-refractivity contribution in [2.75, 3.05) is 0 Å². The van der Waals surface area contributed by atoms with Crippen molar-refractivity contribution < 1.29 is 9.90 Å². The van der Waals surface area contributed by atoms with Crippen LogP contribution < -0.4 is 0 Å². The lowest BCUT2D eigenvalue weighted by molar-refractivity contribution is 0.0699. The van der Waals surface area contributed by atoms with Gasteiger partial charge < -0.3 is 5.11 Å². The first-order valence-corrected chi connectivity index (χ1v) is 6.01. The van der Waals surface area contributed by atoms with Gasteiger partial charge in [0.15, 0.2) is 0 Å². The molecule has 0 aliphatic heterocycles. The highest BCUT2D eigenvalue weighted by Crippen LogP contribution is 2.28. The van der Waals surface area contributed by atoms with Crippen LogP contribution in [0.2, 0.25) is 5.15 Å². The van der Waals surface area contributed by atoms with Crippen molar-refractivity contribution in [1.82, 2.24) is 4.98 Å². The van der Waals surface area contributed by atoms with E-state index in [9.17, 15) is 9.90 Å². The van der Waals surface area contributed by atoms with Gasteiger partial charge >= 0.3 is 5.97 Å². The Labute approximate surface area is 110 Å². The van der Waals surface area contributed by atoms with Crippen LogP contribution in [0.3, 0.4) is 0 Å². The Balaban J connectivity index is 2.79. The molecule has 2 aromatic rings. The molecule has 0 aliphatic rings. The summed E-state index contributed by atoms with van der Waals surface area (Å²) in [5.74, 6) is -0.990. The van der Waals surface area contributed by atoms with E-state index in [4.69, 9.17) is 11.6 Å². The second-order valence-corrected chi connectivity index (χ2v) is 5.67. The molecule has 0 saturated heterocycles. The lowest BCUT2D eigenvalue weighted by Crippen LogP contribution is -2.11. The van der Waals surface area contributed by atoms with Gasteiger partial charge in [-0.05, 0) is 29.2 Å². The predicted octanol–water partition coefficient (Wildman–Crippen LogP) is 3.88. The quantitative estimate of drug-likeness (QED) is 0.794. The second kappa shape index (κ2) is 4.25. The van der Waals surface area contributed by atoms with Gasteiger partial charge in [0, 0.05) is 5.39 Å². The molecule has 0 amide bonds. The van der Waals surface area contributed by atoms with E-state index >= 15 is 0 Å². The van der Waals surface area contributed by atoms with Gasteiger partial charge in [-0.25, -0.2) is 9.78 Å². The minimum atomic E-state index is -0.990. The number of hydrogen-bond acceptors (Lipinski definition) is 2. The van der Waals surface area contributed by atoms with Crippen LogP contribution in [0.25, 0.3) is 10.9 Å². The molecule has 1 heterocycles. The molecule has 0 fully saturated rings. The monoisotopic (exact) mass is 263 g/mol. The molecule has 4 heteroatoms. The molecule has 94 valence electrons. The maximum Gasteiger partial charge on any atom is 0.336 e. The van der Waals surface area contributed by atoms with Gasteiger partial charge in [0.1, 0.15) is 5.15 Å². The number of nitrogens with zero attached hydrogens (tertiary/aromatic N) is 1. The van der Waals surface area contributed by atoms with Crippen molar-refractivity contribution in [3.05, 3.63) is 40.5 Å². The summed E-state index contributed by atoms with van der Waals surface area (Å²) in [7, 11) is 0. The minimum Gasteiger partial charge on any atom is -0.478 e. The number of benzene rings is 1. The SMILES string of the molecule is CC(C)(C)c1ccc2nc(Cl)cc(C(=O)O)c2c1. The summed E-state index contributed by atoms with van der Waals surface area (Å²) in [5.41, 5.74) is 1.83. The van der Waals surface area contributed by atoms with E-state index < -0.39 is 5.97 Å². The van der Waals surface area contributed by atoms with Crippen molar-refractivity contribution >= 4 is 28.5 Å². The first-order chi connectivity index (χ1) is 8.29. The fraction of sp³-hybridized carbons (Fsp3) is 0.286. The molecule has 0 aliphatic carbocycles. The highest BCUT2D eigenvalue weighted by atomic mass is 35.5. The molecule has 0 atom stereocenters. The summed E-state index contributed by atoms with van der Waals surface area (Å²) in [6.45, 7) is 6.24. The van der Waals surface area contributed by atoms with E-state index in [1.54, 1.807) is 0 Å². The van der Waals surface area contributed by atoms with Crippen LogP contribution in [0.15, 0.2) is 24.3 Å². The molecule has 18 heavy (non-hydrogen) atoms. The zero-order valence-corrected chi connectivity index (χ0v) is 11.2. The fourth-order valence-electron chi connectivity index (χ4n) is 1.84. The zero-order valence-electron chi connectivity index (χ0n) is 10.5. The molecule has 0 unspecified atom stereocenters. The van der Waals surface area contributed by atoms with Crippen LogP contribution in [0.5, 0.6) is 0 Å². The van der Waals surface area contributed by atoms with Gasteiger partial charge in [-0.3, -0.25) is 0 Å². The summed E-state index contributed by atoms with van der Waals surface area (Å²) in [6, 6.07) is 7.03. The topological polar surface area (TPSA) is 50.2 Å². The van der Waals surface area contributed by atoms with Crippen LogP contribution >= 0.6 is 11.6 Å². The minimum absolute atomic E-state index is 0.0381. The van der Waals surface area contributed by atoms with Crippen molar-refractivity contribution in [3.8, 4) is 0 Å². The van der Waals surface area contributed by atoms with Crippen LogP contribution in [0.4, 0.5) is 0 Å². The Kier molecular flexibility index (Phi) is 3.03. The average molecular weight is 264 g/mol. The Morgan fingerprint density at radius 1 is 1.28 bits per heavy atom. The Morgan fingerprint density at radius 2 is 1.94 bits per heavy atom. The van der Waals surface area contributed by atoms with Crippen LogP contribution in [0, 0.1) is 0 Å². The largest absolute Gasteiger partial charge is 0.478 e. The molecular formula is C14H14ClNO2.